The first kappa shape index (κ1) is 18.9. The van der Waals surface area contributed by atoms with Crippen LogP contribution >= 0.6 is 11.6 Å². The maximum Gasteiger partial charge on any atom is 0.229 e. The lowest BCUT2D eigenvalue weighted by Crippen LogP contribution is -2.25. The maximum absolute atomic E-state index is 12.4. The number of benzene rings is 1. The second-order valence-corrected chi connectivity index (χ2v) is 7.59. The molecule has 1 atom stereocenters. The highest BCUT2D eigenvalue weighted by Gasteiger charge is 2.15. The molecule has 0 spiro atoms. The number of amides is 1. The average molecular weight is 375 g/mol. The molecule has 6 heteroatoms. The quantitative estimate of drug-likeness (QED) is 0.824. The van der Waals surface area contributed by atoms with Crippen molar-refractivity contribution in [2.45, 2.75) is 45.7 Å². The van der Waals surface area contributed by atoms with Crippen LogP contribution < -0.4 is 5.32 Å². The highest BCUT2D eigenvalue weighted by Crippen LogP contribution is 2.16. The highest BCUT2D eigenvalue weighted by molar-refractivity contribution is 6.30. The van der Waals surface area contributed by atoms with E-state index < -0.39 is 0 Å². The summed E-state index contributed by atoms with van der Waals surface area (Å²) in [6.07, 6.45) is 8.61. The van der Waals surface area contributed by atoms with Crippen LogP contribution in [0, 0.1) is 5.92 Å². The third-order valence-electron chi connectivity index (χ3n) is 4.84. The summed E-state index contributed by atoms with van der Waals surface area (Å²) in [6, 6.07) is 8.20. The summed E-state index contributed by atoms with van der Waals surface area (Å²) in [5, 5.41) is 7.68. The molecule has 3 rings (SSSR count). The SMILES string of the molecule is C[C@H](Cn1cc(Cl)cn1)C(=O)Nc1ccc(CN2CCCCCC2)cc1. The Bertz CT molecular complexity index is 705. The molecule has 0 unspecified atom stereocenters. The zero-order valence-corrected chi connectivity index (χ0v) is 16.1. The minimum absolute atomic E-state index is 0.0168. The molecule has 5 nitrogen and oxygen atoms in total. The van der Waals surface area contributed by atoms with Gasteiger partial charge >= 0.3 is 0 Å². The largest absolute Gasteiger partial charge is 0.326 e. The molecule has 1 aliphatic heterocycles. The first-order chi connectivity index (χ1) is 12.6. The molecule has 1 N–H and O–H groups in total. The van der Waals surface area contributed by atoms with Crippen LogP contribution in [-0.2, 0) is 17.9 Å². The molecule has 26 heavy (non-hydrogen) atoms. The predicted molar refractivity (Wildman–Crippen MR) is 105 cm³/mol. The van der Waals surface area contributed by atoms with Gasteiger partial charge < -0.3 is 5.32 Å². The van der Waals surface area contributed by atoms with Crippen molar-refractivity contribution in [1.82, 2.24) is 14.7 Å². The standard InChI is InChI=1S/C20H27ClN4O/c1-16(13-25-15-18(21)12-22-25)20(26)23-19-8-6-17(7-9-19)14-24-10-4-2-3-5-11-24/h6-9,12,15-16H,2-5,10-11,13-14H2,1H3,(H,23,26)/t16-/m1/s1. The van der Waals surface area contributed by atoms with Gasteiger partial charge in [0.1, 0.15) is 0 Å². The Labute approximate surface area is 160 Å². The number of hydrogen-bond acceptors (Lipinski definition) is 3. The van der Waals surface area contributed by atoms with Gasteiger partial charge in [0.25, 0.3) is 0 Å². The van der Waals surface area contributed by atoms with Crippen LogP contribution in [0.15, 0.2) is 36.7 Å². The summed E-state index contributed by atoms with van der Waals surface area (Å²) in [7, 11) is 0. The minimum atomic E-state index is -0.192. The fourth-order valence-electron chi connectivity index (χ4n) is 3.31. The smallest absolute Gasteiger partial charge is 0.229 e. The van der Waals surface area contributed by atoms with Crippen molar-refractivity contribution >= 4 is 23.2 Å². The van der Waals surface area contributed by atoms with Gasteiger partial charge in [-0.05, 0) is 43.6 Å². The predicted octanol–water partition coefficient (Wildman–Crippen LogP) is 4.19. The normalized spacial score (nSPS) is 16.8. The van der Waals surface area contributed by atoms with Crippen LogP contribution in [0.1, 0.15) is 38.2 Å². The number of carbonyl (C=O) groups is 1. The molecule has 0 radical (unpaired) electrons. The van der Waals surface area contributed by atoms with Crippen LogP contribution in [-0.4, -0.2) is 33.7 Å². The maximum atomic E-state index is 12.4. The van der Waals surface area contributed by atoms with Crippen LogP contribution in [0.3, 0.4) is 0 Å². The number of halogens is 1. The second-order valence-electron chi connectivity index (χ2n) is 7.16. The van der Waals surface area contributed by atoms with Crippen LogP contribution in [0.25, 0.3) is 0 Å². The number of nitrogens with one attached hydrogen (secondary N) is 1. The van der Waals surface area contributed by atoms with E-state index in [1.165, 1.54) is 44.3 Å². The van der Waals surface area contributed by atoms with E-state index in [1.54, 1.807) is 17.1 Å². The van der Waals surface area contributed by atoms with Crippen molar-refractivity contribution in [2.75, 3.05) is 18.4 Å². The van der Waals surface area contributed by atoms with Gasteiger partial charge in [0.2, 0.25) is 5.91 Å². The number of likely N-dealkylation sites (tertiary alicyclic amines) is 1. The van der Waals surface area contributed by atoms with E-state index in [1.807, 2.05) is 19.1 Å². The van der Waals surface area contributed by atoms with E-state index in [2.05, 4.69) is 27.4 Å². The third kappa shape index (κ3) is 5.58. The monoisotopic (exact) mass is 374 g/mol. The zero-order chi connectivity index (χ0) is 18.4. The Morgan fingerprint density at radius 3 is 2.50 bits per heavy atom. The lowest BCUT2D eigenvalue weighted by atomic mass is 10.1. The topological polar surface area (TPSA) is 50.2 Å². The van der Waals surface area contributed by atoms with Crippen molar-refractivity contribution in [3.05, 3.63) is 47.2 Å². The highest BCUT2D eigenvalue weighted by atomic mass is 35.5. The number of aromatic nitrogens is 2. The van der Waals surface area contributed by atoms with E-state index in [0.29, 0.717) is 11.6 Å². The number of hydrogen-bond donors (Lipinski definition) is 1. The third-order valence-corrected chi connectivity index (χ3v) is 5.03. The number of nitrogens with zero attached hydrogens (tertiary/aromatic N) is 3. The number of carbonyl (C=O) groups excluding carboxylic acids is 1. The fourth-order valence-corrected chi connectivity index (χ4v) is 3.47. The molecule has 1 amide bonds. The lowest BCUT2D eigenvalue weighted by molar-refractivity contribution is -0.119. The van der Waals surface area contributed by atoms with Gasteiger partial charge in [-0.3, -0.25) is 14.4 Å². The molecule has 140 valence electrons. The Morgan fingerprint density at radius 2 is 1.88 bits per heavy atom. The molecule has 1 aromatic carbocycles. The summed E-state index contributed by atoms with van der Waals surface area (Å²) in [4.78, 5) is 14.9. The fraction of sp³-hybridized carbons (Fsp3) is 0.500. The molecule has 1 fully saturated rings. The molecule has 0 bridgehead atoms. The van der Waals surface area contributed by atoms with Gasteiger partial charge in [0, 0.05) is 18.4 Å². The molecule has 0 saturated carbocycles. The Morgan fingerprint density at radius 1 is 1.19 bits per heavy atom. The average Bonchev–Trinajstić information content (AvgIpc) is 2.87. The molecule has 0 aliphatic carbocycles. The number of rotatable bonds is 6. The number of anilines is 1. The first-order valence-corrected chi connectivity index (χ1v) is 9.78. The van der Waals surface area contributed by atoms with Gasteiger partial charge in [-0.15, -0.1) is 0 Å². The summed E-state index contributed by atoms with van der Waals surface area (Å²) >= 11 is 5.86. The van der Waals surface area contributed by atoms with Crippen molar-refractivity contribution in [3.63, 3.8) is 0 Å². The molecule has 1 aliphatic rings. The van der Waals surface area contributed by atoms with Gasteiger partial charge in [-0.25, -0.2) is 0 Å². The summed E-state index contributed by atoms with van der Waals surface area (Å²) < 4.78 is 1.69. The van der Waals surface area contributed by atoms with Gasteiger partial charge in [0.15, 0.2) is 0 Å². The van der Waals surface area contributed by atoms with Crippen molar-refractivity contribution in [2.24, 2.45) is 5.92 Å². The molecular formula is C20H27ClN4O. The van der Waals surface area contributed by atoms with Gasteiger partial charge in [-0.1, -0.05) is 43.5 Å². The van der Waals surface area contributed by atoms with Gasteiger partial charge in [0.05, 0.1) is 23.7 Å². The first-order valence-electron chi connectivity index (χ1n) is 9.40. The van der Waals surface area contributed by atoms with Crippen LogP contribution in [0.2, 0.25) is 5.02 Å². The molecule has 2 aromatic rings. The van der Waals surface area contributed by atoms with E-state index in [0.717, 1.165) is 12.2 Å². The van der Waals surface area contributed by atoms with E-state index in [-0.39, 0.29) is 11.8 Å². The molecule has 2 heterocycles. The zero-order valence-electron chi connectivity index (χ0n) is 15.3. The Kier molecular flexibility index (Phi) is 6.69. The Hall–Kier alpha value is -1.85. The molecular weight excluding hydrogens is 348 g/mol. The van der Waals surface area contributed by atoms with Crippen LogP contribution in [0.4, 0.5) is 5.69 Å². The van der Waals surface area contributed by atoms with Crippen molar-refractivity contribution in [3.8, 4) is 0 Å². The summed E-state index contributed by atoms with van der Waals surface area (Å²) in [6.45, 7) is 5.76. The van der Waals surface area contributed by atoms with E-state index >= 15 is 0 Å². The molecule has 1 aromatic heterocycles. The summed E-state index contributed by atoms with van der Waals surface area (Å²) in [5.41, 5.74) is 2.13. The van der Waals surface area contributed by atoms with Crippen molar-refractivity contribution in [1.29, 1.82) is 0 Å². The Balaban J connectivity index is 1.50. The second kappa shape index (κ2) is 9.19. The lowest BCUT2D eigenvalue weighted by Gasteiger charge is -2.20. The van der Waals surface area contributed by atoms with Gasteiger partial charge in [-0.2, -0.15) is 5.10 Å². The molecule has 1 saturated heterocycles. The summed E-state index contributed by atoms with van der Waals surface area (Å²) in [5.74, 6) is -0.209. The minimum Gasteiger partial charge on any atom is -0.326 e. The van der Waals surface area contributed by atoms with E-state index in [4.69, 9.17) is 11.6 Å². The van der Waals surface area contributed by atoms with Crippen molar-refractivity contribution < 1.29 is 4.79 Å². The van der Waals surface area contributed by atoms with E-state index in [9.17, 15) is 4.79 Å². The van der Waals surface area contributed by atoms with Crippen LogP contribution in [0.5, 0.6) is 0 Å².